The van der Waals surface area contributed by atoms with Crippen molar-refractivity contribution in [2.24, 2.45) is 0 Å². The third-order valence-electron chi connectivity index (χ3n) is 11.1. The van der Waals surface area contributed by atoms with Crippen LogP contribution in [0, 0.1) is 23.3 Å². The molecule has 3 aromatic carbocycles. The molecule has 9 rings (SSSR count). The highest BCUT2D eigenvalue weighted by Crippen LogP contribution is 2.50. The molecule has 4 aliphatic heterocycles. The van der Waals surface area contributed by atoms with Crippen LogP contribution in [0.25, 0.3) is 22.1 Å². The van der Waals surface area contributed by atoms with Crippen LogP contribution in [-0.4, -0.2) is 46.1 Å². The summed E-state index contributed by atoms with van der Waals surface area (Å²) in [5.74, 6) is -0.709. The molecule has 4 fully saturated rings. The zero-order valence-corrected chi connectivity index (χ0v) is 27.3. The Kier molecular flexibility index (Phi) is 7.76. The number of nitrogens with one attached hydrogen (secondary N) is 4. The first-order valence-corrected chi connectivity index (χ1v) is 17.8. The molecule has 4 N–H and O–H groups in total. The van der Waals surface area contributed by atoms with Gasteiger partial charge in [0, 0.05) is 42.0 Å². The van der Waals surface area contributed by atoms with Crippen LogP contribution >= 0.6 is 0 Å². The molecule has 256 valence electrons. The van der Waals surface area contributed by atoms with Gasteiger partial charge in [0.2, 0.25) is 0 Å². The first-order valence-electron chi connectivity index (χ1n) is 17.8. The summed E-state index contributed by atoms with van der Waals surface area (Å²) < 4.78 is 64.3. The van der Waals surface area contributed by atoms with Crippen molar-refractivity contribution in [3.05, 3.63) is 82.4 Å². The predicted molar refractivity (Wildman–Crippen MR) is 182 cm³/mol. The number of fused-ring (bicyclic) bond motifs is 2. The molecule has 6 heterocycles. The number of anilines is 2. The smallest absolute Gasteiger partial charge is 0.151 e. The van der Waals surface area contributed by atoms with E-state index in [1.54, 1.807) is 17.0 Å². The number of piperidine rings is 1. The van der Waals surface area contributed by atoms with E-state index < -0.39 is 35.4 Å². The second kappa shape index (κ2) is 12.3. The maximum Gasteiger partial charge on any atom is 0.151 e. The minimum atomic E-state index is -0.669. The molecule has 0 radical (unpaired) electrons. The summed E-state index contributed by atoms with van der Waals surface area (Å²) >= 11 is 0. The van der Waals surface area contributed by atoms with Crippen molar-refractivity contribution in [3.8, 4) is 0 Å². The summed E-state index contributed by atoms with van der Waals surface area (Å²) in [5, 5.41) is 6.86. The average Bonchev–Trinajstić information content (AvgIpc) is 3.93. The Morgan fingerprint density at radius 1 is 0.571 bits per heavy atom. The lowest BCUT2D eigenvalue weighted by Gasteiger charge is -2.35. The zero-order chi connectivity index (χ0) is 33.2. The summed E-state index contributed by atoms with van der Waals surface area (Å²) in [6, 6.07) is 8.02. The molecular weight excluding hydrogens is 632 g/mol. The maximum atomic E-state index is 16.1. The van der Waals surface area contributed by atoms with E-state index in [0.29, 0.717) is 59.1 Å². The van der Waals surface area contributed by atoms with Gasteiger partial charge in [0.15, 0.2) is 11.6 Å². The Morgan fingerprint density at radius 2 is 1.08 bits per heavy atom. The Bertz CT molecular complexity index is 1890. The molecule has 0 amide bonds. The van der Waals surface area contributed by atoms with Gasteiger partial charge in [0.05, 0.1) is 46.2 Å². The molecule has 4 saturated heterocycles. The quantitative estimate of drug-likeness (QED) is 0.137. The number of hydrogen-bond donors (Lipinski definition) is 4. The Hall–Kier alpha value is -4.16. The van der Waals surface area contributed by atoms with E-state index in [1.807, 2.05) is 4.90 Å². The topological polar surface area (TPSA) is 87.9 Å². The third kappa shape index (κ3) is 5.43. The van der Waals surface area contributed by atoms with Crippen molar-refractivity contribution in [1.82, 2.24) is 30.6 Å². The number of imidazole rings is 2. The lowest BCUT2D eigenvalue weighted by Crippen LogP contribution is -2.32. The number of halogens is 4. The monoisotopic (exact) mass is 672 g/mol. The summed E-state index contributed by atoms with van der Waals surface area (Å²) in [6.07, 6.45) is 7.67. The molecular formula is C37H40F4N8. The number of H-pyrrole nitrogens is 2. The van der Waals surface area contributed by atoms with Gasteiger partial charge in [-0.1, -0.05) is 0 Å². The van der Waals surface area contributed by atoms with Gasteiger partial charge >= 0.3 is 0 Å². The summed E-state index contributed by atoms with van der Waals surface area (Å²) in [4.78, 5) is 19.7. The molecule has 0 bridgehead atoms. The highest BCUT2D eigenvalue weighted by Gasteiger charge is 2.40. The van der Waals surface area contributed by atoms with Crippen LogP contribution in [0.3, 0.4) is 0 Å². The summed E-state index contributed by atoms with van der Waals surface area (Å²) in [5.41, 5.74) is 3.41. The van der Waals surface area contributed by atoms with E-state index in [0.717, 1.165) is 69.7 Å². The Balaban J connectivity index is 1.14. The molecule has 8 nitrogen and oxygen atoms in total. The number of hydrogen-bond acceptors (Lipinski definition) is 6. The fourth-order valence-corrected chi connectivity index (χ4v) is 8.71. The predicted octanol–water partition coefficient (Wildman–Crippen LogP) is 7.92. The molecule has 0 saturated carbocycles. The lowest BCUT2D eigenvalue weighted by atomic mass is 10.0. The van der Waals surface area contributed by atoms with Gasteiger partial charge in [0.25, 0.3) is 0 Å². The van der Waals surface area contributed by atoms with E-state index in [1.165, 1.54) is 24.3 Å². The Morgan fingerprint density at radius 3 is 1.55 bits per heavy atom. The van der Waals surface area contributed by atoms with Crippen LogP contribution in [0.2, 0.25) is 0 Å². The molecule has 0 spiro atoms. The summed E-state index contributed by atoms with van der Waals surface area (Å²) in [6.45, 7) is 2.99. The van der Waals surface area contributed by atoms with E-state index in [-0.39, 0.29) is 23.5 Å². The standard InChI is InChI=1S/C37H40F4N8/c38-23-18-31-29(44-36(46-31)27-6-4-10-42-27)16-21(23)33-8-9-34(22-17-30-32(19-24(22)39)47-37(45-30)28-7-5-11-43-28)49(33)20-14-25(40)35(26(41)15-20)48-12-2-1-3-13-48/h14-19,27-28,33-34,42-43H,1-13H2,(H,44,46)(H,45,47)/t27-,28-,33-,34-/m0/s1. The first kappa shape index (κ1) is 30.9. The van der Waals surface area contributed by atoms with Crippen LogP contribution < -0.4 is 20.4 Å². The molecule has 4 atom stereocenters. The normalized spacial score (nSPS) is 24.7. The van der Waals surface area contributed by atoms with Crippen LogP contribution in [0.4, 0.5) is 28.9 Å². The van der Waals surface area contributed by atoms with Gasteiger partial charge in [-0.3, -0.25) is 0 Å². The number of benzene rings is 3. The molecule has 5 aromatic rings. The van der Waals surface area contributed by atoms with Crippen LogP contribution in [0.1, 0.15) is 105 Å². The van der Waals surface area contributed by atoms with Crippen molar-refractivity contribution in [1.29, 1.82) is 0 Å². The second-order valence-corrected chi connectivity index (χ2v) is 14.1. The molecule has 0 aliphatic carbocycles. The van der Waals surface area contributed by atoms with E-state index in [4.69, 9.17) is 0 Å². The van der Waals surface area contributed by atoms with Gasteiger partial charge in [-0.05, 0) is 95.1 Å². The van der Waals surface area contributed by atoms with Gasteiger partial charge in [-0.25, -0.2) is 27.5 Å². The van der Waals surface area contributed by atoms with Crippen molar-refractivity contribution in [2.45, 2.75) is 82.0 Å². The summed E-state index contributed by atoms with van der Waals surface area (Å²) in [7, 11) is 0. The SMILES string of the molecule is Fc1cc2nc([C@@H]3CCCN3)[nH]c2cc1[C@@H]1CC[C@@H](c2cc3[nH]c([C@@H]4CCCN4)nc3cc2F)N1c1cc(F)c(N2CCCCC2)c(F)c1. The number of nitrogens with zero attached hydrogens (tertiary/aromatic N) is 4. The number of aromatic nitrogens is 4. The van der Waals surface area contributed by atoms with Crippen molar-refractivity contribution >= 4 is 33.4 Å². The Labute approximate surface area is 281 Å². The van der Waals surface area contributed by atoms with Gasteiger partial charge in [0.1, 0.15) is 29.0 Å². The minimum absolute atomic E-state index is 0.0352. The largest absolute Gasteiger partial charge is 0.367 e. The van der Waals surface area contributed by atoms with Crippen molar-refractivity contribution < 1.29 is 17.6 Å². The fourth-order valence-electron chi connectivity index (χ4n) is 8.71. The molecule has 0 unspecified atom stereocenters. The van der Waals surface area contributed by atoms with Gasteiger partial charge < -0.3 is 30.4 Å². The van der Waals surface area contributed by atoms with E-state index in [9.17, 15) is 0 Å². The molecule has 49 heavy (non-hydrogen) atoms. The first-order chi connectivity index (χ1) is 23.9. The van der Waals surface area contributed by atoms with Gasteiger partial charge in [-0.15, -0.1) is 0 Å². The average molecular weight is 673 g/mol. The second-order valence-electron chi connectivity index (χ2n) is 14.1. The number of aromatic amines is 2. The lowest BCUT2D eigenvalue weighted by molar-refractivity contribution is 0.527. The van der Waals surface area contributed by atoms with Crippen molar-refractivity contribution in [2.75, 3.05) is 36.0 Å². The van der Waals surface area contributed by atoms with Crippen LogP contribution in [-0.2, 0) is 0 Å². The van der Waals surface area contributed by atoms with Crippen molar-refractivity contribution in [3.63, 3.8) is 0 Å². The molecule has 12 heteroatoms. The van der Waals surface area contributed by atoms with E-state index >= 15 is 17.6 Å². The van der Waals surface area contributed by atoms with Crippen LogP contribution in [0.15, 0.2) is 36.4 Å². The van der Waals surface area contributed by atoms with E-state index in [2.05, 4.69) is 30.6 Å². The molecule has 4 aliphatic rings. The fraction of sp³-hybridized carbons (Fsp3) is 0.459. The zero-order valence-electron chi connectivity index (χ0n) is 27.3. The molecule has 2 aromatic heterocycles. The van der Waals surface area contributed by atoms with Gasteiger partial charge in [-0.2, -0.15) is 0 Å². The highest BCUT2D eigenvalue weighted by molar-refractivity contribution is 5.78. The highest BCUT2D eigenvalue weighted by atomic mass is 19.1. The third-order valence-corrected chi connectivity index (χ3v) is 11.1. The van der Waals surface area contributed by atoms with Crippen LogP contribution in [0.5, 0.6) is 0 Å². The minimum Gasteiger partial charge on any atom is -0.367 e. The number of rotatable bonds is 6. The maximum absolute atomic E-state index is 16.1.